The summed E-state index contributed by atoms with van der Waals surface area (Å²) >= 11 is 3.90. The molecule has 0 bridgehead atoms. The SMILES string of the molecule is O=Nc1ccc(CSc2ncnc3c2ncn3Cc2ccc(I)cc2)cc1. The summed E-state index contributed by atoms with van der Waals surface area (Å²) in [6, 6.07) is 15.6. The molecule has 0 spiro atoms. The molecule has 0 saturated carbocycles. The van der Waals surface area contributed by atoms with Crippen LogP contribution in [0.3, 0.4) is 0 Å². The first-order valence-electron chi connectivity index (χ1n) is 8.18. The second-order valence-corrected chi connectivity index (χ2v) is 8.11. The molecule has 0 aliphatic rings. The van der Waals surface area contributed by atoms with Crippen LogP contribution in [0.15, 0.2) is 71.4 Å². The smallest absolute Gasteiger partial charge is 0.164 e. The maximum atomic E-state index is 10.5. The van der Waals surface area contributed by atoms with Gasteiger partial charge in [-0.1, -0.05) is 36.0 Å². The number of fused-ring (bicyclic) bond motifs is 1. The summed E-state index contributed by atoms with van der Waals surface area (Å²) in [5, 5.41) is 3.77. The third-order valence-electron chi connectivity index (χ3n) is 4.05. The molecule has 27 heavy (non-hydrogen) atoms. The van der Waals surface area contributed by atoms with Crippen LogP contribution in [0.1, 0.15) is 11.1 Å². The number of benzene rings is 2. The fraction of sp³-hybridized carbons (Fsp3) is 0.105. The Morgan fingerprint density at radius 1 is 0.963 bits per heavy atom. The number of rotatable bonds is 6. The van der Waals surface area contributed by atoms with Crippen molar-refractivity contribution < 1.29 is 0 Å². The van der Waals surface area contributed by atoms with Crippen molar-refractivity contribution in [3.8, 4) is 0 Å². The Morgan fingerprint density at radius 3 is 2.44 bits per heavy atom. The summed E-state index contributed by atoms with van der Waals surface area (Å²) in [4.78, 5) is 23.9. The molecule has 0 amide bonds. The third kappa shape index (κ3) is 4.16. The number of nitrogens with zero attached hydrogens (tertiary/aromatic N) is 5. The summed E-state index contributed by atoms with van der Waals surface area (Å²) in [7, 11) is 0. The molecule has 0 fully saturated rings. The summed E-state index contributed by atoms with van der Waals surface area (Å²) in [5.74, 6) is 0.731. The standard InChI is InChI=1S/C19H14IN5OS/c20-15-5-1-13(2-6-15)9-25-12-23-17-18(25)21-11-22-19(17)27-10-14-3-7-16(24-26)8-4-14/h1-8,11-12H,9-10H2. The number of nitroso groups, excluding NO2 is 1. The average Bonchev–Trinajstić information content (AvgIpc) is 3.12. The number of hydrogen-bond acceptors (Lipinski definition) is 6. The lowest BCUT2D eigenvalue weighted by Gasteiger charge is -2.05. The maximum absolute atomic E-state index is 10.5. The summed E-state index contributed by atoms with van der Waals surface area (Å²) in [5.41, 5.74) is 4.36. The zero-order valence-corrected chi connectivity index (χ0v) is 17.1. The Bertz CT molecular complexity index is 1080. The van der Waals surface area contributed by atoms with Crippen LogP contribution in [0.5, 0.6) is 0 Å². The number of halogens is 1. The summed E-state index contributed by atoms with van der Waals surface area (Å²) < 4.78 is 3.25. The molecule has 2 aromatic carbocycles. The first-order valence-corrected chi connectivity index (χ1v) is 10.2. The van der Waals surface area contributed by atoms with Crippen molar-refractivity contribution in [3.05, 3.63) is 80.8 Å². The Balaban J connectivity index is 1.54. The predicted molar refractivity (Wildman–Crippen MR) is 115 cm³/mol. The number of hydrogen-bond donors (Lipinski definition) is 0. The van der Waals surface area contributed by atoms with Crippen LogP contribution < -0.4 is 0 Å². The van der Waals surface area contributed by atoms with Crippen molar-refractivity contribution in [1.29, 1.82) is 0 Å². The fourth-order valence-corrected chi connectivity index (χ4v) is 3.93. The summed E-state index contributed by atoms with van der Waals surface area (Å²) in [6.07, 6.45) is 3.39. The Hall–Kier alpha value is -2.33. The lowest BCUT2D eigenvalue weighted by Crippen LogP contribution is -1.99. The molecule has 0 saturated heterocycles. The molecule has 2 heterocycles. The summed E-state index contributed by atoms with van der Waals surface area (Å²) in [6.45, 7) is 0.717. The van der Waals surface area contributed by atoms with Gasteiger partial charge in [-0.2, -0.15) is 0 Å². The molecule has 0 aliphatic heterocycles. The van der Waals surface area contributed by atoms with Gasteiger partial charge in [0, 0.05) is 9.32 Å². The highest BCUT2D eigenvalue weighted by atomic mass is 127. The molecule has 4 rings (SSSR count). The molecule has 0 N–H and O–H groups in total. The van der Waals surface area contributed by atoms with Crippen LogP contribution in [0.25, 0.3) is 11.2 Å². The van der Waals surface area contributed by atoms with Gasteiger partial charge < -0.3 is 4.57 Å². The monoisotopic (exact) mass is 487 g/mol. The van der Waals surface area contributed by atoms with Gasteiger partial charge in [0.25, 0.3) is 0 Å². The van der Waals surface area contributed by atoms with Gasteiger partial charge in [0.15, 0.2) is 5.65 Å². The van der Waals surface area contributed by atoms with Gasteiger partial charge in [-0.05, 0) is 63.2 Å². The molecular formula is C19H14IN5OS. The molecule has 4 aromatic rings. The van der Waals surface area contributed by atoms with Crippen molar-refractivity contribution >= 4 is 51.2 Å². The lowest BCUT2D eigenvalue weighted by atomic mass is 10.2. The molecule has 0 radical (unpaired) electrons. The highest BCUT2D eigenvalue weighted by molar-refractivity contribution is 14.1. The number of imidazole rings is 1. The van der Waals surface area contributed by atoms with Crippen LogP contribution in [-0.2, 0) is 12.3 Å². The van der Waals surface area contributed by atoms with Gasteiger partial charge in [0.05, 0.1) is 12.9 Å². The largest absolute Gasteiger partial charge is 0.311 e. The fourth-order valence-electron chi connectivity index (χ4n) is 2.67. The lowest BCUT2D eigenvalue weighted by molar-refractivity contribution is 0.812. The molecule has 6 nitrogen and oxygen atoms in total. The van der Waals surface area contributed by atoms with Gasteiger partial charge in [0.2, 0.25) is 0 Å². The average molecular weight is 487 g/mol. The van der Waals surface area contributed by atoms with E-state index in [9.17, 15) is 4.91 Å². The van der Waals surface area contributed by atoms with E-state index >= 15 is 0 Å². The maximum Gasteiger partial charge on any atom is 0.164 e. The predicted octanol–water partition coefficient (Wildman–Crippen LogP) is 5.17. The normalized spacial score (nSPS) is 11.0. The van der Waals surface area contributed by atoms with Gasteiger partial charge >= 0.3 is 0 Å². The topological polar surface area (TPSA) is 73.0 Å². The quantitative estimate of drug-likeness (QED) is 0.162. The van der Waals surface area contributed by atoms with Crippen LogP contribution in [0, 0.1) is 8.48 Å². The molecule has 0 atom stereocenters. The first kappa shape index (κ1) is 18.1. The molecule has 2 aromatic heterocycles. The van der Waals surface area contributed by atoms with E-state index in [0.29, 0.717) is 12.2 Å². The first-order chi connectivity index (χ1) is 13.2. The highest BCUT2D eigenvalue weighted by Gasteiger charge is 2.11. The minimum atomic E-state index is 0.433. The van der Waals surface area contributed by atoms with Crippen molar-refractivity contribution in [1.82, 2.24) is 19.5 Å². The van der Waals surface area contributed by atoms with E-state index in [1.165, 1.54) is 9.13 Å². The minimum Gasteiger partial charge on any atom is -0.311 e. The second-order valence-electron chi connectivity index (χ2n) is 5.90. The van der Waals surface area contributed by atoms with E-state index in [4.69, 9.17) is 0 Å². The van der Waals surface area contributed by atoms with Gasteiger partial charge in [-0.15, -0.1) is 4.91 Å². The van der Waals surface area contributed by atoms with Gasteiger partial charge in [-0.25, -0.2) is 15.0 Å². The van der Waals surface area contributed by atoms with Crippen molar-refractivity contribution in [2.75, 3.05) is 0 Å². The van der Waals surface area contributed by atoms with E-state index in [1.54, 1.807) is 30.2 Å². The van der Waals surface area contributed by atoms with E-state index in [-0.39, 0.29) is 0 Å². The molecule has 8 heteroatoms. The zero-order valence-electron chi connectivity index (χ0n) is 14.1. The van der Waals surface area contributed by atoms with Crippen LogP contribution >= 0.6 is 34.4 Å². The van der Waals surface area contributed by atoms with Crippen LogP contribution in [0.2, 0.25) is 0 Å². The van der Waals surface area contributed by atoms with Crippen LogP contribution in [-0.4, -0.2) is 19.5 Å². The van der Waals surface area contributed by atoms with E-state index < -0.39 is 0 Å². The Labute approximate surface area is 173 Å². The van der Waals surface area contributed by atoms with Crippen molar-refractivity contribution in [2.24, 2.45) is 5.18 Å². The number of aromatic nitrogens is 4. The Kier molecular flexibility index (Phi) is 5.44. The zero-order chi connectivity index (χ0) is 18.6. The molecular weight excluding hydrogens is 473 g/mol. The van der Waals surface area contributed by atoms with Crippen LogP contribution in [0.4, 0.5) is 5.69 Å². The second kappa shape index (κ2) is 8.13. The van der Waals surface area contributed by atoms with Crippen molar-refractivity contribution in [3.63, 3.8) is 0 Å². The highest BCUT2D eigenvalue weighted by Crippen LogP contribution is 2.27. The minimum absolute atomic E-state index is 0.433. The molecule has 134 valence electrons. The molecule has 0 aliphatic carbocycles. The van der Waals surface area contributed by atoms with Gasteiger partial charge in [-0.3, -0.25) is 0 Å². The van der Waals surface area contributed by atoms with Gasteiger partial charge in [0.1, 0.15) is 22.6 Å². The van der Waals surface area contributed by atoms with E-state index in [0.717, 1.165) is 27.5 Å². The van der Waals surface area contributed by atoms with Crippen molar-refractivity contribution in [2.45, 2.75) is 17.3 Å². The molecule has 0 unspecified atom stereocenters. The number of thioether (sulfide) groups is 1. The van der Waals surface area contributed by atoms with E-state index in [2.05, 4.69) is 67.0 Å². The third-order valence-corrected chi connectivity index (χ3v) is 5.82. The Morgan fingerprint density at radius 2 is 1.70 bits per heavy atom. The van der Waals surface area contributed by atoms with E-state index in [1.807, 2.05) is 23.0 Å².